The van der Waals surface area contributed by atoms with Crippen molar-refractivity contribution in [1.82, 2.24) is 0 Å². The van der Waals surface area contributed by atoms with E-state index in [2.05, 4.69) is 20.8 Å². The molecule has 0 spiro atoms. The molecule has 0 aromatic carbocycles. The average Bonchev–Trinajstić information content (AvgIpc) is 2.26. The highest BCUT2D eigenvalue weighted by Gasteiger charge is 2.05. The Morgan fingerprint density at radius 3 is 1.62 bits per heavy atom. The lowest BCUT2D eigenvalue weighted by molar-refractivity contribution is 0.438. The molecular formula is C15H33N. The minimum Gasteiger partial charge on any atom is -0.327 e. The summed E-state index contributed by atoms with van der Waals surface area (Å²) in [5, 5.41) is 0. The Balaban J connectivity index is 3.04. The van der Waals surface area contributed by atoms with Crippen LogP contribution in [0.15, 0.2) is 0 Å². The van der Waals surface area contributed by atoms with Crippen LogP contribution < -0.4 is 5.73 Å². The van der Waals surface area contributed by atoms with Gasteiger partial charge in [0, 0.05) is 6.04 Å². The van der Waals surface area contributed by atoms with Crippen LogP contribution >= 0.6 is 0 Å². The van der Waals surface area contributed by atoms with Crippen LogP contribution in [0.5, 0.6) is 0 Å². The minimum absolute atomic E-state index is 0.421. The first-order valence-electron chi connectivity index (χ1n) is 7.44. The van der Waals surface area contributed by atoms with Crippen molar-refractivity contribution >= 4 is 0 Å². The van der Waals surface area contributed by atoms with Gasteiger partial charge in [-0.05, 0) is 12.3 Å². The molecule has 0 aliphatic rings. The molecule has 98 valence electrons. The molecule has 0 heterocycles. The van der Waals surface area contributed by atoms with Crippen molar-refractivity contribution < 1.29 is 0 Å². The first kappa shape index (κ1) is 16.0. The number of hydrogen-bond donors (Lipinski definition) is 1. The van der Waals surface area contributed by atoms with E-state index in [1.54, 1.807) is 0 Å². The summed E-state index contributed by atoms with van der Waals surface area (Å²) in [5.41, 5.74) is 6.01. The Morgan fingerprint density at radius 2 is 1.19 bits per heavy atom. The van der Waals surface area contributed by atoms with Gasteiger partial charge < -0.3 is 5.73 Å². The predicted octanol–water partition coefficient (Wildman–Crippen LogP) is 4.89. The quantitative estimate of drug-likeness (QED) is 0.500. The van der Waals surface area contributed by atoms with Gasteiger partial charge in [0.15, 0.2) is 0 Å². The third-order valence-corrected chi connectivity index (χ3v) is 3.50. The Labute approximate surface area is 103 Å². The van der Waals surface area contributed by atoms with Crippen molar-refractivity contribution in [3.05, 3.63) is 0 Å². The smallest absolute Gasteiger partial charge is 0.00618 e. The van der Waals surface area contributed by atoms with Crippen LogP contribution in [0.4, 0.5) is 0 Å². The van der Waals surface area contributed by atoms with E-state index in [0.717, 1.165) is 0 Å². The maximum absolute atomic E-state index is 6.01. The molecule has 0 bridgehead atoms. The molecule has 0 rings (SSSR count). The van der Waals surface area contributed by atoms with Gasteiger partial charge in [-0.25, -0.2) is 0 Å². The van der Waals surface area contributed by atoms with Gasteiger partial charge in [0.1, 0.15) is 0 Å². The van der Waals surface area contributed by atoms with Crippen LogP contribution in [0.3, 0.4) is 0 Å². The summed E-state index contributed by atoms with van der Waals surface area (Å²) < 4.78 is 0. The van der Waals surface area contributed by atoms with E-state index in [9.17, 15) is 0 Å². The third-order valence-electron chi connectivity index (χ3n) is 3.50. The van der Waals surface area contributed by atoms with E-state index in [-0.39, 0.29) is 0 Å². The second-order valence-electron chi connectivity index (χ2n) is 5.52. The van der Waals surface area contributed by atoms with Crippen LogP contribution in [-0.4, -0.2) is 6.04 Å². The Kier molecular flexibility index (Phi) is 11.4. The Bertz CT molecular complexity index is 131. The third kappa shape index (κ3) is 10.5. The normalized spacial score (nSPS) is 13.3. The largest absolute Gasteiger partial charge is 0.327 e. The number of nitrogens with two attached hydrogens (primary N) is 1. The molecule has 0 aliphatic carbocycles. The molecule has 0 saturated heterocycles. The van der Waals surface area contributed by atoms with E-state index in [1.165, 1.54) is 64.2 Å². The predicted molar refractivity (Wildman–Crippen MR) is 74.7 cm³/mol. The highest BCUT2D eigenvalue weighted by Crippen LogP contribution is 2.12. The fraction of sp³-hybridized carbons (Fsp3) is 1.00. The van der Waals surface area contributed by atoms with Crippen molar-refractivity contribution in [1.29, 1.82) is 0 Å². The van der Waals surface area contributed by atoms with Gasteiger partial charge in [0.25, 0.3) is 0 Å². The molecule has 16 heavy (non-hydrogen) atoms. The summed E-state index contributed by atoms with van der Waals surface area (Å²) in [6, 6.07) is 0.421. The van der Waals surface area contributed by atoms with Crippen molar-refractivity contribution in [2.75, 3.05) is 0 Å². The van der Waals surface area contributed by atoms with E-state index in [0.29, 0.717) is 12.0 Å². The van der Waals surface area contributed by atoms with Crippen LogP contribution in [0.1, 0.15) is 85.0 Å². The van der Waals surface area contributed by atoms with Crippen LogP contribution in [0.25, 0.3) is 0 Å². The van der Waals surface area contributed by atoms with Gasteiger partial charge in [-0.2, -0.15) is 0 Å². The molecule has 0 saturated carbocycles. The van der Waals surface area contributed by atoms with Crippen molar-refractivity contribution in [2.24, 2.45) is 11.7 Å². The second kappa shape index (κ2) is 11.4. The molecule has 1 nitrogen and oxygen atoms in total. The monoisotopic (exact) mass is 227 g/mol. The van der Waals surface area contributed by atoms with E-state index < -0.39 is 0 Å². The molecule has 0 fully saturated rings. The van der Waals surface area contributed by atoms with Crippen LogP contribution in [0, 0.1) is 5.92 Å². The standard InChI is InChI=1S/C15H33N/c1-4-5-6-7-8-9-10-11-12-13-15(16)14(2)3/h14-15H,4-13,16H2,1-3H3. The second-order valence-corrected chi connectivity index (χ2v) is 5.52. The molecule has 0 aromatic heterocycles. The summed E-state index contributed by atoms with van der Waals surface area (Å²) in [6.45, 7) is 6.72. The lowest BCUT2D eigenvalue weighted by Gasteiger charge is -2.14. The van der Waals surface area contributed by atoms with Gasteiger partial charge in [0.05, 0.1) is 0 Å². The Hall–Kier alpha value is -0.0400. The SMILES string of the molecule is CCCCCCCCCCCC(N)C(C)C. The molecule has 0 amide bonds. The summed E-state index contributed by atoms with van der Waals surface area (Å²) in [4.78, 5) is 0. The lowest BCUT2D eigenvalue weighted by Crippen LogP contribution is -2.25. The first-order chi connectivity index (χ1) is 7.68. The van der Waals surface area contributed by atoms with Gasteiger partial charge in [-0.1, -0.05) is 78.6 Å². The molecule has 0 radical (unpaired) electrons. The molecule has 0 aliphatic heterocycles. The van der Waals surface area contributed by atoms with Crippen molar-refractivity contribution in [3.8, 4) is 0 Å². The Morgan fingerprint density at radius 1 is 0.750 bits per heavy atom. The van der Waals surface area contributed by atoms with Gasteiger partial charge in [-0.15, -0.1) is 0 Å². The molecule has 1 heteroatoms. The summed E-state index contributed by atoms with van der Waals surface area (Å²) in [6.07, 6.45) is 13.9. The maximum atomic E-state index is 6.01. The molecule has 1 atom stereocenters. The topological polar surface area (TPSA) is 26.0 Å². The van der Waals surface area contributed by atoms with E-state index >= 15 is 0 Å². The summed E-state index contributed by atoms with van der Waals surface area (Å²) in [5.74, 6) is 0.647. The van der Waals surface area contributed by atoms with Crippen molar-refractivity contribution in [2.45, 2.75) is 91.0 Å². The average molecular weight is 227 g/mol. The summed E-state index contributed by atoms with van der Waals surface area (Å²) in [7, 11) is 0. The van der Waals surface area contributed by atoms with Gasteiger partial charge in [-0.3, -0.25) is 0 Å². The number of hydrogen-bond acceptors (Lipinski definition) is 1. The van der Waals surface area contributed by atoms with Crippen LogP contribution in [0.2, 0.25) is 0 Å². The number of rotatable bonds is 11. The van der Waals surface area contributed by atoms with Gasteiger partial charge in [0.2, 0.25) is 0 Å². The fourth-order valence-corrected chi connectivity index (χ4v) is 2.02. The van der Waals surface area contributed by atoms with E-state index in [1.807, 2.05) is 0 Å². The van der Waals surface area contributed by atoms with Gasteiger partial charge >= 0.3 is 0 Å². The fourth-order valence-electron chi connectivity index (χ4n) is 2.02. The molecule has 0 aromatic rings. The molecule has 2 N–H and O–H groups in total. The summed E-state index contributed by atoms with van der Waals surface area (Å²) >= 11 is 0. The lowest BCUT2D eigenvalue weighted by atomic mass is 9.98. The molecular weight excluding hydrogens is 194 g/mol. The zero-order valence-electron chi connectivity index (χ0n) is 11.8. The highest BCUT2D eigenvalue weighted by molar-refractivity contribution is 4.64. The van der Waals surface area contributed by atoms with E-state index in [4.69, 9.17) is 5.73 Å². The maximum Gasteiger partial charge on any atom is 0.00618 e. The van der Waals surface area contributed by atoms with Crippen LogP contribution in [-0.2, 0) is 0 Å². The molecule has 1 unspecified atom stereocenters. The number of unbranched alkanes of at least 4 members (excludes halogenated alkanes) is 8. The first-order valence-corrected chi connectivity index (χ1v) is 7.44. The van der Waals surface area contributed by atoms with Crippen molar-refractivity contribution in [3.63, 3.8) is 0 Å². The minimum atomic E-state index is 0.421. The highest BCUT2D eigenvalue weighted by atomic mass is 14.6. The zero-order valence-corrected chi connectivity index (χ0v) is 11.8. The zero-order chi connectivity index (χ0) is 12.2.